The molecule has 0 aliphatic carbocycles. The number of unbranched alkanes of at least 4 members (excludes halogenated alkanes) is 1. The first-order chi connectivity index (χ1) is 10.6. The molecule has 22 heavy (non-hydrogen) atoms. The molecule has 1 aromatic carbocycles. The minimum atomic E-state index is 0.0852. The van der Waals surface area contributed by atoms with Gasteiger partial charge in [-0.3, -0.25) is 4.79 Å². The summed E-state index contributed by atoms with van der Waals surface area (Å²) in [6.45, 7) is 4.48. The van der Waals surface area contributed by atoms with Gasteiger partial charge in [0.25, 0.3) is 0 Å². The maximum Gasteiger partial charge on any atom is 0.236 e. The summed E-state index contributed by atoms with van der Waals surface area (Å²) >= 11 is 0. The lowest BCUT2D eigenvalue weighted by atomic mass is 10.1. The lowest BCUT2D eigenvalue weighted by Gasteiger charge is -2.13. The molecule has 0 fully saturated rings. The van der Waals surface area contributed by atoms with Gasteiger partial charge < -0.3 is 20.7 Å². The highest BCUT2D eigenvalue weighted by Crippen LogP contribution is 2.21. The van der Waals surface area contributed by atoms with E-state index in [-0.39, 0.29) is 5.91 Å². The second-order valence-corrected chi connectivity index (χ2v) is 5.56. The molecule has 0 radical (unpaired) electrons. The average molecular weight is 307 g/mol. The van der Waals surface area contributed by atoms with E-state index in [0.717, 1.165) is 43.7 Å². The Morgan fingerprint density at radius 3 is 2.77 bits per heavy atom. The Morgan fingerprint density at radius 2 is 2.14 bits per heavy atom. The van der Waals surface area contributed by atoms with Crippen LogP contribution in [0, 0.1) is 0 Å². The van der Waals surface area contributed by atoms with Crippen molar-refractivity contribution in [1.82, 2.24) is 10.2 Å². The minimum Gasteiger partial charge on any atom is -0.493 e. The number of carbonyl (C=O) groups excluding carboxylic acids is 1. The Morgan fingerprint density at radius 1 is 1.36 bits per heavy atom. The van der Waals surface area contributed by atoms with Gasteiger partial charge in [0, 0.05) is 26.2 Å². The van der Waals surface area contributed by atoms with Crippen LogP contribution in [0.5, 0.6) is 5.75 Å². The van der Waals surface area contributed by atoms with E-state index >= 15 is 0 Å². The van der Waals surface area contributed by atoms with Gasteiger partial charge in [0.1, 0.15) is 5.75 Å². The van der Waals surface area contributed by atoms with Crippen molar-refractivity contribution < 1.29 is 9.53 Å². The van der Waals surface area contributed by atoms with Crippen molar-refractivity contribution >= 4 is 5.91 Å². The Bertz CT molecular complexity index is 461. The van der Waals surface area contributed by atoms with Crippen LogP contribution < -0.4 is 15.8 Å². The first-order valence-electron chi connectivity index (χ1n) is 7.94. The second-order valence-electron chi connectivity index (χ2n) is 5.56. The summed E-state index contributed by atoms with van der Waals surface area (Å²) < 4.78 is 5.82. The lowest BCUT2D eigenvalue weighted by molar-refractivity contribution is -0.127. The number of nitrogens with two attached hydrogens (primary N) is 1. The van der Waals surface area contributed by atoms with Crippen LogP contribution in [0.15, 0.2) is 18.2 Å². The number of ether oxygens (including phenoxy) is 1. The van der Waals surface area contributed by atoms with Gasteiger partial charge in [0.05, 0.1) is 13.2 Å². The fourth-order valence-corrected chi connectivity index (χ4v) is 1.97. The van der Waals surface area contributed by atoms with Gasteiger partial charge in [-0.15, -0.1) is 0 Å². The zero-order chi connectivity index (χ0) is 16.4. The van der Waals surface area contributed by atoms with Gasteiger partial charge in [-0.25, -0.2) is 0 Å². The predicted octanol–water partition coefficient (Wildman–Crippen LogP) is 1.54. The molecule has 124 valence electrons. The monoisotopic (exact) mass is 307 g/mol. The normalized spacial score (nSPS) is 10.5. The van der Waals surface area contributed by atoms with E-state index in [4.69, 9.17) is 10.5 Å². The molecule has 0 atom stereocenters. The molecular formula is C17H29N3O2. The number of carbonyl (C=O) groups is 1. The van der Waals surface area contributed by atoms with Gasteiger partial charge >= 0.3 is 0 Å². The maximum absolute atomic E-state index is 11.5. The SMILES string of the molecule is CCCCOc1cc(CCNCC(=O)N(C)C)ccc1CN. The minimum absolute atomic E-state index is 0.0852. The first-order valence-corrected chi connectivity index (χ1v) is 7.94. The van der Waals surface area contributed by atoms with E-state index in [0.29, 0.717) is 13.1 Å². The molecule has 0 aliphatic heterocycles. The number of amides is 1. The van der Waals surface area contributed by atoms with Crippen molar-refractivity contribution in [2.24, 2.45) is 5.73 Å². The molecular weight excluding hydrogens is 278 g/mol. The Labute approximate surface area is 133 Å². The van der Waals surface area contributed by atoms with Crippen LogP contribution in [0.1, 0.15) is 30.9 Å². The van der Waals surface area contributed by atoms with Crippen LogP contribution in [-0.2, 0) is 17.8 Å². The number of hydrogen-bond acceptors (Lipinski definition) is 4. The fourth-order valence-electron chi connectivity index (χ4n) is 1.97. The van der Waals surface area contributed by atoms with Gasteiger partial charge in [0.2, 0.25) is 5.91 Å². The zero-order valence-electron chi connectivity index (χ0n) is 14.0. The average Bonchev–Trinajstić information content (AvgIpc) is 2.51. The van der Waals surface area contributed by atoms with Crippen molar-refractivity contribution in [1.29, 1.82) is 0 Å². The Balaban J connectivity index is 2.49. The molecule has 5 nitrogen and oxygen atoms in total. The lowest BCUT2D eigenvalue weighted by Crippen LogP contribution is -2.33. The molecule has 0 saturated heterocycles. The van der Waals surface area contributed by atoms with Crippen molar-refractivity contribution in [2.75, 3.05) is 33.8 Å². The van der Waals surface area contributed by atoms with Crippen LogP contribution in [0.2, 0.25) is 0 Å². The van der Waals surface area contributed by atoms with Gasteiger partial charge in [-0.1, -0.05) is 25.5 Å². The smallest absolute Gasteiger partial charge is 0.236 e. The summed E-state index contributed by atoms with van der Waals surface area (Å²) in [5.41, 5.74) is 7.98. The number of hydrogen-bond donors (Lipinski definition) is 2. The standard InChI is InChI=1S/C17H29N3O2/c1-4-5-10-22-16-11-14(6-7-15(16)12-18)8-9-19-13-17(21)20(2)3/h6-7,11,19H,4-5,8-10,12-13,18H2,1-3H3. The number of nitrogens with zero attached hydrogens (tertiary/aromatic N) is 1. The van der Waals surface area contributed by atoms with Gasteiger partial charge in [0.15, 0.2) is 0 Å². The van der Waals surface area contributed by atoms with E-state index in [1.165, 1.54) is 5.56 Å². The molecule has 0 aromatic heterocycles. The van der Waals surface area contributed by atoms with Gasteiger partial charge in [-0.05, 0) is 31.0 Å². The van der Waals surface area contributed by atoms with Crippen LogP contribution in [0.3, 0.4) is 0 Å². The maximum atomic E-state index is 11.5. The van der Waals surface area contributed by atoms with Crippen molar-refractivity contribution in [3.8, 4) is 5.75 Å². The first kappa shape index (κ1) is 18.5. The van der Waals surface area contributed by atoms with Crippen LogP contribution >= 0.6 is 0 Å². The second kappa shape index (κ2) is 10.2. The van der Waals surface area contributed by atoms with Crippen LogP contribution in [-0.4, -0.2) is 44.6 Å². The van der Waals surface area contributed by atoms with Crippen molar-refractivity contribution in [2.45, 2.75) is 32.7 Å². The summed E-state index contributed by atoms with van der Waals surface area (Å²) in [7, 11) is 3.52. The highest BCUT2D eigenvalue weighted by Gasteiger charge is 2.05. The summed E-state index contributed by atoms with van der Waals surface area (Å²) in [6, 6.07) is 6.17. The fraction of sp³-hybridized carbons (Fsp3) is 0.588. The van der Waals surface area contributed by atoms with Gasteiger partial charge in [-0.2, -0.15) is 0 Å². The summed E-state index contributed by atoms with van der Waals surface area (Å²) in [5.74, 6) is 0.972. The molecule has 0 spiro atoms. The third-order valence-electron chi connectivity index (χ3n) is 3.47. The quantitative estimate of drug-likeness (QED) is 0.644. The largest absolute Gasteiger partial charge is 0.493 e. The third kappa shape index (κ3) is 6.45. The third-order valence-corrected chi connectivity index (χ3v) is 3.47. The summed E-state index contributed by atoms with van der Waals surface area (Å²) in [5, 5.41) is 3.16. The molecule has 1 amide bonds. The molecule has 0 bridgehead atoms. The molecule has 5 heteroatoms. The molecule has 0 heterocycles. The summed E-state index contributed by atoms with van der Waals surface area (Å²) in [6.07, 6.45) is 3.01. The van der Waals surface area contributed by atoms with Crippen LogP contribution in [0.25, 0.3) is 0 Å². The number of likely N-dealkylation sites (N-methyl/N-ethyl adjacent to an activating group) is 1. The molecule has 0 unspecified atom stereocenters. The van der Waals surface area contributed by atoms with Crippen LogP contribution in [0.4, 0.5) is 0 Å². The summed E-state index contributed by atoms with van der Waals surface area (Å²) in [4.78, 5) is 13.1. The molecule has 3 N–H and O–H groups in total. The van der Waals surface area contributed by atoms with E-state index in [1.54, 1.807) is 19.0 Å². The number of nitrogens with one attached hydrogen (secondary N) is 1. The zero-order valence-corrected chi connectivity index (χ0v) is 14.0. The predicted molar refractivity (Wildman–Crippen MR) is 90.0 cm³/mol. The van der Waals surface area contributed by atoms with Crippen molar-refractivity contribution in [3.63, 3.8) is 0 Å². The molecule has 1 rings (SSSR count). The Hall–Kier alpha value is -1.59. The molecule has 0 saturated carbocycles. The highest BCUT2D eigenvalue weighted by atomic mass is 16.5. The van der Waals surface area contributed by atoms with Crippen molar-refractivity contribution in [3.05, 3.63) is 29.3 Å². The molecule has 1 aromatic rings. The topological polar surface area (TPSA) is 67.6 Å². The number of benzene rings is 1. The highest BCUT2D eigenvalue weighted by molar-refractivity contribution is 5.77. The van der Waals surface area contributed by atoms with E-state index in [2.05, 4.69) is 24.4 Å². The van der Waals surface area contributed by atoms with E-state index in [9.17, 15) is 4.79 Å². The van der Waals surface area contributed by atoms with E-state index < -0.39 is 0 Å². The Kier molecular flexibility index (Phi) is 8.55. The van der Waals surface area contributed by atoms with E-state index in [1.807, 2.05) is 6.07 Å². The number of rotatable bonds is 10. The molecule has 0 aliphatic rings.